The van der Waals surface area contributed by atoms with Gasteiger partial charge in [0.2, 0.25) is 0 Å². The van der Waals surface area contributed by atoms with Gasteiger partial charge < -0.3 is 14.9 Å². The number of halogens is 3. The van der Waals surface area contributed by atoms with Crippen molar-refractivity contribution in [2.24, 2.45) is 5.92 Å². The van der Waals surface area contributed by atoms with E-state index in [4.69, 9.17) is 21.4 Å². The van der Waals surface area contributed by atoms with Crippen molar-refractivity contribution in [1.29, 1.82) is 0 Å². The summed E-state index contributed by atoms with van der Waals surface area (Å²) >= 11 is 6.18. The molecule has 3 rings (SSSR count). The second-order valence-corrected chi connectivity index (χ2v) is 7.38. The summed E-state index contributed by atoms with van der Waals surface area (Å²) in [5.41, 5.74) is 0.736. The van der Waals surface area contributed by atoms with Gasteiger partial charge in [-0.25, -0.2) is 13.8 Å². The number of ketones is 1. The molecule has 160 valence electrons. The maximum absolute atomic E-state index is 13.9. The van der Waals surface area contributed by atoms with Crippen LogP contribution in [0.15, 0.2) is 30.5 Å². The number of pyridine rings is 1. The highest BCUT2D eigenvalue weighted by Gasteiger charge is 2.23. The molecule has 0 fully saturated rings. The normalized spacial score (nSPS) is 12.3. The van der Waals surface area contributed by atoms with Crippen molar-refractivity contribution in [3.63, 3.8) is 0 Å². The van der Waals surface area contributed by atoms with Crippen LogP contribution in [-0.4, -0.2) is 38.6 Å². The fourth-order valence-electron chi connectivity index (χ4n) is 3.26. The average Bonchev–Trinajstić information content (AvgIpc) is 3.02. The monoisotopic (exact) mass is 438 g/mol. The third-order valence-electron chi connectivity index (χ3n) is 4.79. The molecule has 0 aliphatic carbocycles. The number of aliphatic hydroxyl groups is 2. The molecule has 1 atom stereocenters. The zero-order valence-electron chi connectivity index (χ0n) is 16.2. The van der Waals surface area contributed by atoms with Crippen LogP contribution in [0.2, 0.25) is 5.02 Å². The number of hydrogen-bond acceptors (Lipinski definition) is 5. The van der Waals surface area contributed by atoms with Gasteiger partial charge >= 0.3 is 0 Å². The van der Waals surface area contributed by atoms with E-state index in [0.29, 0.717) is 12.1 Å². The summed E-state index contributed by atoms with van der Waals surface area (Å²) in [7, 11) is 0. The number of carbonyl (C=O) groups is 1. The van der Waals surface area contributed by atoms with Crippen LogP contribution in [0.4, 0.5) is 8.78 Å². The first-order valence-electron chi connectivity index (χ1n) is 9.34. The number of fused-ring (bicyclic) bond motifs is 1. The van der Waals surface area contributed by atoms with E-state index >= 15 is 0 Å². The van der Waals surface area contributed by atoms with Crippen LogP contribution in [0.25, 0.3) is 5.65 Å². The fourth-order valence-corrected chi connectivity index (χ4v) is 3.45. The van der Waals surface area contributed by atoms with Gasteiger partial charge in [-0.05, 0) is 31.4 Å². The number of aromatic nitrogens is 2. The number of aliphatic hydroxyl groups excluding tert-OH is 2. The Bertz CT molecular complexity index is 1050. The Morgan fingerprint density at radius 2 is 2.00 bits per heavy atom. The number of rotatable bonds is 9. The summed E-state index contributed by atoms with van der Waals surface area (Å²) in [6, 6.07) is 4.99. The van der Waals surface area contributed by atoms with Crippen molar-refractivity contribution in [2.45, 2.75) is 26.4 Å². The number of imidazole rings is 1. The van der Waals surface area contributed by atoms with Gasteiger partial charge in [-0.1, -0.05) is 17.7 Å². The van der Waals surface area contributed by atoms with Crippen LogP contribution >= 0.6 is 11.6 Å². The molecule has 0 saturated heterocycles. The molecule has 0 aliphatic rings. The molecule has 0 radical (unpaired) electrons. The summed E-state index contributed by atoms with van der Waals surface area (Å²) in [6.45, 7) is 0.897. The van der Waals surface area contributed by atoms with Gasteiger partial charge in [0.1, 0.15) is 23.9 Å². The summed E-state index contributed by atoms with van der Waals surface area (Å²) in [5, 5.41) is 18.7. The van der Waals surface area contributed by atoms with E-state index in [1.807, 2.05) is 0 Å². The highest BCUT2D eigenvalue weighted by molar-refractivity contribution is 6.30. The molecule has 1 aromatic carbocycles. The first-order chi connectivity index (χ1) is 14.3. The van der Waals surface area contributed by atoms with Crippen LogP contribution in [0.1, 0.15) is 34.6 Å². The van der Waals surface area contributed by atoms with Crippen molar-refractivity contribution in [3.05, 3.63) is 64.1 Å². The lowest BCUT2D eigenvalue weighted by Crippen LogP contribution is -2.16. The second kappa shape index (κ2) is 9.51. The summed E-state index contributed by atoms with van der Waals surface area (Å²) in [4.78, 5) is 17.2. The van der Waals surface area contributed by atoms with E-state index in [0.717, 1.165) is 12.1 Å². The summed E-state index contributed by atoms with van der Waals surface area (Å²) in [5.74, 6) is -1.96. The standard InChI is InChI=1S/C21H21ClF2N2O4/c1-12-20(18(29)7-13(10-28)5-6-27)26-9-14(22)8-19(21(26)25-12)30-11-15-16(23)3-2-4-17(15)24/h2-4,8-9,13,27-28H,5-7,10-11H2,1H3/t13-/m0/s1. The minimum absolute atomic E-state index is 0.0227. The quantitative estimate of drug-likeness (QED) is 0.497. The van der Waals surface area contributed by atoms with E-state index < -0.39 is 11.6 Å². The largest absolute Gasteiger partial charge is 0.485 e. The van der Waals surface area contributed by atoms with Crippen LogP contribution in [0, 0.1) is 24.5 Å². The molecular weight excluding hydrogens is 418 g/mol. The van der Waals surface area contributed by atoms with Gasteiger partial charge in [0.05, 0.1) is 16.3 Å². The molecule has 9 heteroatoms. The molecule has 0 bridgehead atoms. The zero-order chi connectivity index (χ0) is 21.8. The lowest BCUT2D eigenvalue weighted by Gasteiger charge is -2.12. The maximum atomic E-state index is 13.9. The smallest absolute Gasteiger partial charge is 0.181 e. The molecule has 0 saturated carbocycles. The zero-order valence-corrected chi connectivity index (χ0v) is 17.0. The van der Waals surface area contributed by atoms with Gasteiger partial charge in [-0.15, -0.1) is 0 Å². The number of nitrogens with zero attached hydrogens (tertiary/aromatic N) is 2. The minimum atomic E-state index is -0.734. The van der Waals surface area contributed by atoms with Crippen molar-refractivity contribution in [2.75, 3.05) is 13.2 Å². The third-order valence-corrected chi connectivity index (χ3v) is 5.00. The third kappa shape index (κ3) is 4.61. The Kier molecular flexibility index (Phi) is 7.02. The van der Waals surface area contributed by atoms with Gasteiger partial charge in [0.15, 0.2) is 17.2 Å². The number of aryl methyl sites for hydroxylation is 1. The predicted octanol–water partition coefficient (Wildman–Crippen LogP) is 3.72. The van der Waals surface area contributed by atoms with E-state index in [1.165, 1.54) is 22.7 Å². The summed E-state index contributed by atoms with van der Waals surface area (Å²) in [6.07, 6.45) is 1.82. The minimum Gasteiger partial charge on any atom is -0.485 e. The van der Waals surface area contributed by atoms with Gasteiger partial charge in [0, 0.05) is 31.9 Å². The molecule has 30 heavy (non-hydrogen) atoms. The number of hydrogen-bond donors (Lipinski definition) is 2. The first-order valence-corrected chi connectivity index (χ1v) is 9.72. The Morgan fingerprint density at radius 3 is 2.63 bits per heavy atom. The molecule has 0 amide bonds. The average molecular weight is 439 g/mol. The molecule has 2 N–H and O–H groups in total. The molecule has 0 aliphatic heterocycles. The van der Waals surface area contributed by atoms with E-state index in [9.17, 15) is 18.7 Å². The van der Waals surface area contributed by atoms with E-state index in [-0.39, 0.29) is 65.6 Å². The SMILES string of the molecule is Cc1nc2c(OCc3c(F)cccc3F)cc(Cl)cn2c1C(=O)C[C@@H](CO)CCO. The Balaban J connectivity index is 1.94. The number of carbonyl (C=O) groups excluding carboxylic acids is 1. The molecule has 2 aromatic heterocycles. The van der Waals surface area contributed by atoms with Crippen molar-refractivity contribution in [3.8, 4) is 5.75 Å². The Morgan fingerprint density at radius 1 is 1.30 bits per heavy atom. The fraction of sp³-hybridized carbons (Fsp3) is 0.333. The maximum Gasteiger partial charge on any atom is 0.181 e. The van der Waals surface area contributed by atoms with Crippen LogP contribution < -0.4 is 4.74 Å². The van der Waals surface area contributed by atoms with Gasteiger partial charge in [0.25, 0.3) is 0 Å². The molecule has 6 nitrogen and oxygen atoms in total. The number of ether oxygens (including phenoxy) is 1. The van der Waals surface area contributed by atoms with Gasteiger partial charge in [-0.3, -0.25) is 9.20 Å². The van der Waals surface area contributed by atoms with Crippen LogP contribution in [0.5, 0.6) is 5.75 Å². The molecule has 0 spiro atoms. The first kappa shape index (κ1) is 22.1. The van der Waals surface area contributed by atoms with Crippen molar-refractivity contribution in [1.82, 2.24) is 9.38 Å². The lowest BCUT2D eigenvalue weighted by atomic mass is 9.98. The molecule has 3 aromatic rings. The lowest BCUT2D eigenvalue weighted by molar-refractivity contribution is 0.0912. The Hall–Kier alpha value is -2.55. The van der Waals surface area contributed by atoms with Crippen LogP contribution in [0.3, 0.4) is 0 Å². The van der Waals surface area contributed by atoms with Crippen molar-refractivity contribution < 1.29 is 28.5 Å². The van der Waals surface area contributed by atoms with Gasteiger partial charge in [-0.2, -0.15) is 0 Å². The highest BCUT2D eigenvalue weighted by Crippen LogP contribution is 2.29. The predicted molar refractivity (Wildman–Crippen MR) is 107 cm³/mol. The topological polar surface area (TPSA) is 84.1 Å². The number of benzene rings is 1. The Labute approximate surface area is 176 Å². The number of Topliss-reactive ketones (excluding diaryl/α,β-unsaturated/α-hetero) is 1. The molecule has 2 heterocycles. The van der Waals surface area contributed by atoms with Crippen LogP contribution in [-0.2, 0) is 6.61 Å². The second-order valence-electron chi connectivity index (χ2n) is 6.94. The van der Waals surface area contributed by atoms with Crippen molar-refractivity contribution >= 4 is 23.0 Å². The highest BCUT2D eigenvalue weighted by atomic mass is 35.5. The molecular formula is C21H21ClF2N2O4. The van der Waals surface area contributed by atoms with E-state index in [2.05, 4.69) is 4.98 Å². The van der Waals surface area contributed by atoms with E-state index in [1.54, 1.807) is 6.92 Å². The molecule has 0 unspecified atom stereocenters. The summed E-state index contributed by atoms with van der Waals surface area (Å²) < 4.78 is 34.9.